The molecule has 0 bridgehead atoms. The highest BCUT2D eigenvalue weighted by molar-refractivity contribution is 6.01. The van der Waals surface area contributed by atoms with Gasteiger partial charge in [-0.2, -0.15) is 0 Å². The zero-order valence-corrected chi connectivity index (χ0v) is 13.1. The predicted molar refractivity (Wildman–Crippen MR) is 81.6 cm³/mol. The third kappa shape index (κ3) is 3.13. The van der Waals surface area contributed by atoms with Crippen LogP contribution in [0.5, 0.6) is 0 Å². The number of benzene rings is 1. The van der Waals surface area contributed by atoms with Gasteiger partial charge in [0.2, 0.25) is 5.91 Å². The predicted octanol–water partition coefficient (Wildman–Crippen LogP) is 0.864. The van der Waals surface area contributed by atoms with Crippen molar-refractivity contribution in [3.8, 4) is 5.69 Å². The van der Waals surface area contributed by atoms with Crippen molar-refractivity contribution in [3.05, 3.63) is 42.5 Å². The van der Waals surface area contributed by atoms with Gasteiger partial charge in [-0.25, -0.2) is 0 Å². The van der Waals surface area contributed by atoms with Crippen molar-refractivity contribution in [2.45, 2.75) is 19.4 Å². The molecule has 0 aliphatic rings. The minimum Gasteiger partial charge on any atom is -0.347 e. The minimum atomic E-state index is -0.999. The van der Waals surface area contributed by atoms with Gasteiger partial charge in [0.15, 0.2) is 0 Å². The third-order valence-corrected chi connectivity index (χ3v) is 3.21. The van der Waals surface area contributed by atoms with Gasteiger partial charge in [0.05, 0.1) is 11.3 Å². The summed E-state index contributed by atoms with van der Waals surface area (Å²) in [6.45, 7) is 3.35. The van der Waals surface area contributed by atoms with E-state index in [2.05, 4.69) is 15.5 Å². The SMILES string of the molecule is CN(C)C(=O)C(C)(C)NC(=O)c1ccccc1-n1cnnc1. The van der Waals surface area contributed by atoms with Crippen molar-refractivity contribution < 1.29 is 9.59 Å². The van der Waals surface area contributed by atoms with E-state index < -0.39 is 5.54 Å². The van der Waals surface area contributed by atoms with Gasteiger partial charge in [-0.3, -0.25) is 14.2 Å². The summed E-state index contributed by atoms with van der Waals surface area (Å²) in [6, 6.07) is 7.08. The number of nitrogens with zero attached hydrogens (tertiary/aromatic N) is 4. The van der Waals surface area contributed by atoms with Crippen LogP contribution in [0.1, 0.15) is 24.2 Å². The topological polar surface area (TPSA) is 80.1 Å². The number of hydrogen-bond acceptors (Lipinski definition) is 4. The highest BCUT2D eigenvalue weighted by atomic mass is 16.2. The van der Waals surface area contributed by atoms with E-state index >= 15 is 0 Å². The molecule has 0 fully saturated rings. The molecule has 0 spiro atoms. The number of carbonyl (C=O) groups is 2. The van der Waals surface area contributed by atoms with Gasteiger partial charge < -0.3 is 10.2 Å². The Morgan fingerprint density at radius 1 is 1.14 bits per heavy atom. The summed E-state index contributed by atoms with van der Waals surface area (Å²) in [6.07, 6.45) is 3.03. The van der Waals surface area contributed by atoms with Gasteiger partial charge in [0.25, 0.3) is 5.91 Å². The number of para-hydroxylation sites is 1. The molecule has 7 heteroatoms. The van der Waals surface area contributed by atoms with Crippen LogP contribution in [-0.2, 0) is 4.79 Å². The molecular weight excluding hydrogens is 282 g/mol. The maximum Gasteiger partial charge on any atom is 0.254 e. The lowest BCUT2D eigenvalue weighted by Gasteiger charge is -2.28. The second-order valence-electron chi connectivity index (χ2n) is 5.67. The average molecular weight is 301 g/mol. The molecule has 2 amide bonds. The molecule has 0 aliphatic heterocycles. The van der Waals surface area contributed by atoms with Gasteiger partial charge >= 0.3 is 0 Å². The fourth-order valence-corrected chi connectivity index (χ4v) is 2.18. The van der Waals surface area contributed by atoms with E-state index in [1.165, 1.54) is 17.6 Å². The minimum absolute atomic E-state index is 0.178. The summed E-state index contributed by atoms with van der Waals surface area (Å²) in [7, 11) is 3.31. The van der Waals surface area contributed by atoms with Crippen molar-refractivity contribution in [1.29, 1.82) is 0 Å². The van der Waals surface area contributed by atoms with Crippen LogP contribution >= 0.6 is 0 Å². The summed E-state index contributed by atoms with van der Waals surface area (Å²) >= 11 is 0. The van der Waals surface area contributed by atoms with Gasteiger partial charge in [0.1, 0.15) is 18.2 Å². The van der Waals surface area contributed by atoms with Gasteiger partial charge in [0, 0.05) is 14.1 Å². The third-order valence-electron chi connectivity index (χ3n) is 3.21. The Hall–Kier alpha value is -2.70. The monoisotopic (exact) mass is 301 g/mol. The Balaban J connectivity index is 2.30. The zero-order valence-electron chi connectivity index (χ0n) is 13.1. The summed E-state index contributed by atoms with van der Waals surface area (Å²) in [5.74, 6) is -0.507. The molecule has 1 aromatic carbocycles. The van der Waals surface area contributed by atoms with Crippen LogP contribution in [0.2, 0.25) is 0 Å². The van der Waals surface area contributed by atoms with Gasteiger partial charge in [-0.1, -0.05) is 12.1 Å². The van der Waals surface area contributed by atoms with Crippen molar-refractivity contribution in [2.75, 3.05) is 14.1 Å². The normalized spacial score (nSPS) is 11.1. The lowest BCUT2D eigenvalue weighted by Crippen LogP contribution is -2.54. The molecule has 2 aromatic rings. The Labute approximate surface area is 129 Å². The van der Waals surface area contributed by atoms with E-state index in [-0.39, 0.29) is 11.8 Å². The van der Waals surface area contributed by atoms with Crippen LogP contribution in [-0.4, -0.2) is 51.1 Å². The average Bonchev–Trinajstić information content (AvgIpc) is 2.99. The number of aromatic nitrogens is 3. The molecular formula is C15H19N5O2. The molecule has 2 rings (SSSR count). The number of rotatable bonds is 4. The van der Waals surface area contributed by atoms with Crippen LogP contribution in [0.25, 0.3) is 5.69 Å². The summed E-state index contributed by atoms with van der Waals surface area (Å²) in [4.78, 5) is 26.1. The first-order valence-electron chi connectivity index (χ1n) is 6.81. The molecule has 0 radical (unpaired) electrons. The number of carbonyl (C=O) groups excluding carboxylic acids is 2. The number of hydrogen-bond donors (Lipinski definition) is 1. The van der Waals surface area contributed by atoms with Crippen molar-refractivity contribution in [1.82, 2.24) is 25.0 Å². The molecule has 0 atom stereocenters. The highest BCUT2D eigenvalue weighted by Gasteiger charge is 2.31. The molecule has 0 unspecified atom stereocenters. The Morgan fingerprint density at radius 2 is 1.73 bits per heavy atom. The quantitative estimate of drug-likeness (QED) is 0.908. The lowest BCUT2D eigenvalue weighted by molar-refractivity contribution is -0.134. The Bertz CT molecular complexity index is 677. The van der Waals surface area contributed by atoms with E-state index in [9.17, 15) is 9.59 Å². The Morgan fingerprint density at radius 3 is 2.32 bits per heavy atom. The first kappa shape index (κ1) is 15.7. The fraction of sp³-hybridized carbons (Fsp3) is 0.333. The van der Waals surface area contributed by atoms with E-state index in [1.807, 2.05) is 6.07 Å². The molecule has 116 valence electrons. The molecule has 7 nitrogen and oxygen atoms in total. The van der Waals surface area contributed by atoms with Crippen LogP contribution in [0.3, 0.4) is 0 Å². The molecule has 1 heterocycles. The number of nitrogens with one attached hydrogen (secondary N) is 1. The molecule has 22 heavy (non-hydrogen) atoms. The van der Waals surface area contributed by atoms with Crippen LogP contribution < -0.4 is 5.32 Å². The number of likely N-dealkylation sites (N-methyl/N-ethyl adjacent to an activating group) is 1. The maximum atomic E-state index is 12.6. The highest BCUT2D eigenvalue weighted by Crippen LogP contribution is 2.15. The van der Waals surface area contributed by atoms with E-state index in [4.69, 9.17) is 0 Å². The second kappa shape index (κ2) is 5.97. The molecule has 0 saturated heterocycles. The van der Waals surface area contributed by atoms with E-state index in [0.29, 0.717) is 11.3 Å². The van der Waals surface area contributed by atoms with Crippen LogP contribution in [0.4, 0.5) is 0 Å². The first-order valence-corrected chi connectivity index (χ1v) is 6.81. The number of amides is 2. The molecule has 1 N–H and O–H groups in total. The van der Waals surface area contributed by atoms with Crippen LogP contribution in [0, 0.1) is 0 Å². The first-order chi connectivity index (χ1) is 10.3. The van der Waals surface area contributed by atoms with E-state index in [0.717, 1.165) is 0 Å². The molecule has 0 saturated carbocycles. The van der Waals surface area contributed by atoms with Gasteiger partial charge in [-0.15, -0.1) is 10.2 Å². The zero-order chi connectivity index (χ0) is 16.3. The van der Waals surface area contributed by atoms with Gasteiger partial charge in [-0.05, 0) is 26.0 Å². The largest absolute Gasteiger partial charge is 0.347 e. The van der Waals surface area contributed by atoms with Crippen molar-refractivity contribution >= 4 is 11.8 Å². The summed E-state index contributed by atoms with van der Waals surface area (Å²) in [5, 5.41) is 10.3. The smallest absolute Gasteiger partial charge is 0.254 e. The maximum absolute atomic E-state index is 12.6. The second-order valence-corrected chi connectivity index (χ2v) is 5.67. The van der Waals surface area contributed by atoms with E-state index in [1.54, 1.807) is 50.7 Å². The molecule has 0 aliphatic carbocycles. The van der Waals surface area contributed by atoms with Crippen molar-refractivity contribution in [2.24, 2.45) is 0 Å². The summed E-state index contributed by atoms with van der Waals surface area (Å²) in [5.41, 5.74) is 0.0981. The van der Waals surface area contributed by atoms with Crippen LogP contribution in [0.15, 0.2) is 36.9 Å². The summed E-state index contributed by atoms with van der Waals surface area (Å²) < 4.78 is 1.65. The van der Waals surface area contributed by atoms with Crippen molar-refractivity contribution in [3.63, 3.8) is 0 Å². The lowest BCUT2D eigenvalue weighted by atomic mass is 10.0. The fourth-order valence-electron chi connectivity index (χ4n) is 2.18. The Kier molecular flexibility index (Phi) is 4.25. The molecule has 1 aromatic heterocycles. The standard InChI is InChI=1S/C15H19N5O2/c1-15(2,14(22)19(3)4)18-13(21)11-7-5-6-8-12(11)20-9-16-17-10-20/h5-10H,1-4H3,(H,18,21).